The first-order valence-electron chi connectivity index (χ1n) is 6.11. The van der Waals surface area contributed by atoms with E-state index in [4.69, 9.17) is 11.6 Å². The molecule has 19 heavy (non-hydrogen) atoms. The van der Waals surface area contributed by atoms with Crippen LogP contribution in [-0.2, 0) is 14.6 Å². The Labute approximate surface area is 122 Å². The molecule has 2 atom stereocenters. The molecule has 0 saturated carbocycles. The van der Waals surface area contributed by atoms with Gasteiger partial charge in [0.05, 0.1) is 21.9 Å². The molecule has 0 aromatic carbocycles. The van der Waals surface area contributed by atoms with Crippen molar-refractivity contribution in [1.29, 1.82) is 0 Å². The highest BCUT2D eigenvalue weighted by Crippen LogP contribution is 2.27. The smallest absolute Gasteiger partial charge is 0.220 e. The molecule has 0 bridgehead atoms. The Kier molecular flexibility index (Phi) is 4.53. The molecule has 0 radical (unpaired) electrons. The quantitative estimate of drug-likeness (QED) is 0.926. The normalized spacial score (nSPS) is 23.2. The Bertz CT molecular complexity index is 567. The van der Waals surface area contributed by atoms with Crippen LogP contribution in [0.3, 0.4) is 0 Å². The molecule has 4 nitrogen and oxygen atoms in total. The molecule has 7 heteroatoms. The van der Waals surface area contributed by atoms with Crippen molar-refractivity contribution >= 4 is 38.7 Å². The summed E-state index contributed by atoms with van der Waals surface area (Å²) in [7, 11) is -2.91. The summed E-state index contributed by atoms with van der Waals surface area (Å²) in [5, 5.41) is 2.88. The maximum atomic E-state index is 11.9. The SMILES string of the molecule is C[C@H](NC(=O)C[C@H]1CCS(=O)(=O)C1)c1ccc(Cl)s1. The molecular formula is C12H16ClNO3S2. The predicted octanol–water partition coefficient (Wildman–Crippen LogP) is 2.40. The summed E-state index contributed by atoms with van der Waals surface area (Å²) >= 11 is 7.28. The van der Waals surface area contributed by atoms with Crippen LogP contribution in [0.15, 0.2) is 12.1 Å². The molecule has 1 aliphatic heterocycles. The largest absolute Gasteiger partial charge is 0.349 e. The Morgan fingerprint density at radius 2 is 2.32 bits per heavy atom. The van der Waals surface area contributed by atoms with E-state index in [2.05, 4.69) is 5.32 Å². The third kappa shape index (κ3) is 4.19. The van der Waals surface area contributed by atoms with E-state index in [1.165, 1.54) is 11.3 Å². The van der Waals surface area contributed by atoms with Crippen molar-refractivity contribution in [3.05, 3.63) is 21.3 Å². The Balaban J connectivity index is 1.85. The van der Waals surface area contributed by atoms with Gasteiger partial charge in [-0.25, -0.2) is 8.42 Å². The van der Waals surface area contributed by atoms with Gasteiger partial charge in [0, 0.05) is 11.3 Å². The molecule has 2 rings (SSSR count). The van der Waals surface area contributed by atoms with E-state index in [-0.39, 0.29) is 35.8 Å². The van der Waals surface area contributed by atoms with Crippen LogP contribution in [0.5, 0.6) is 0 Å². The number of hydrogen-bond donors (Lipinski definition) is 1. The molecule has 1 aromatic rings. The van der Waals surface area contributed by atoms with Crippen molar-refractivity contribution in [3.63, 3.8) is 0 Å². The molecule has 0 aliphatic carbocycles. The van der Waals surface area contributed by atoms with Crippen molar-refractivity contribution in [2.24, 2.45) is 5.92 Å². The molecule has 1 N–H and O–H groups in total. The molecule has 1 fully saturated rings. The maximum absolute atomic E-state index is 11.9. The van der Waals surface area contributed by atoms with Gasteiger partial charge in [-0.1, -0.05) is 11.6 Å². The van der Waals surface area contributed by atoms with Gasteiger partial charge in [0.2, 0.25) is 5.91 Å². The number of rotatable bonds is 4. The van der Waals surface area contributed by atoms with E-state index in [9.17, 15) is 13.2 Å². The lowest BCUT2D eigenvalue weighted by Crippen LogP contribution is -2.28. The summed E-state index contributed by atoms with van der Waals surface area (Å²) in [5.74, 6) is 0.212. The van der Waals surface area contributed by atoms with E-state index >= 15 is 0 Å². The van der Waals surface area contributed by atoms with Crippen LogP contribution in [0.25, 0.3) is 0 Å². The van der Waals surface area contributed by atoms with Crippen molar-refractivity contribution in [2.75, 3.05) is 11.5 Å². The second-order valence-corrected chi connectivity index (χ2v) is 8.88. The number of carbonyl (C=O) groups excluding carboxylic acids is 1. The van der Waals surface area contributed by atoms with Crippen molar-refractivity contribution in [3.8, 4) is 0 Å². The minimum Gasteiger partial charge on any atom is -0.349 e. The van der Waals surface area contributed by atoms with Gasteiger partial charge in [0.15, 0.2) is 9.84 Å². The number of carbonyl (C=O) groups is 1. The minimum atomic E-state index is -2.91. The van der Waals surface area contributed by atoms with Crippen LogP contribution in [0.4, 0.5) is 0 Å². The van der Waals surface area contributed by atoms with Crippen LogP contribution in [0.2, 0.25) is 4.34 Å². The average molecular weight is 322 g/mol. The third-order valence-electron chi connectivity index (χ3n) is 3.20. The molecule has 1 aromatic heterocycles. The van der Waals surface area contributed by atoms with E-state index in [1.54, 1.807) is 6.07 Å². The minimum absolute atomic E-state index is 0.0378. The van der Waals surface area contributed by atoms with Gasteiger partial charge in [0.1, 0.15) is 0 Å². The van der Waals surface area contributed by atoms with E-state index in [0.29, 0.717) is 10.8 Å². The molecule has 1 amide bonds. The molecule has 0 unspecified atom stereocenters. The summed E-state index contributed by atoms with van der Waals surface area (Å²) in [6.07, 6.45) is 0.873. The maximum Gasteiger partial charge on any atom is 0.220 e. The highest BCUT2D eigenvalue weighted by atomic mass is 35.5. The topological polar surface area (TPSA) is 63.2 Å². The average Bonchev–Trinajstić information content (AvgIpc) is 2.85. The number of amides is 1. The van der Waals surface area contributed by atoms with Crippen LogP contribution >= 0.6 is 22.9 Å². The molecule has 1 aliphatic rings. The summed E-state index contributed by atoms with van der Waals surface area (Å²) < 4.78 is 23.3. The summed E-state index contributed by atoms with van der Waals surface area (Å²) in [6.45, 7) is 1.89. The third-order valence-corrected chi connectivity index (χ3v) is 6.45. The summed E-state index contributed by atoms with van der Waals surface area (Å²) in [6, 6.07) is 3.59. The van der Waals surface area contributed by atoms with Gasteiger partial charge in [-0.15, -0.1) is 11.3 Å². The van der Waals surface area contributed by atoms with Gasteiger partial charge < -0.3 is 5.32 Å². The van der Waals surface area contributed by atoms with E-state index < -0.39 is 9.84 Å². The first-order chi connectivity index (χ1) is 8.85. The fourth-order valence-corrected chi connectivity index (χ4v) is 5.15. The van der Waals surface area contributed by atoms with Gasteiger partial charge >= 0.3 is 0 Å². The van der Waals surface area contributed by atoms with Crippen molar-refractivity contribution in [1.82, 2.24) is 5.32 Å². The van der Waals surface area contributed by atoms with Gasteiger partial charge in [-0.3, -0.25) is 4.79 Å². The Morgan fingerprint density at radius 1 is 1.58 bits per heavy atom. The zero-order valence-corrected chi connectivity index (χ0v) is 12.9. The fourth-order valence-electron chi connectivity index (χ4n) is 2.23. The second-order valence-electron chi connectivity index (χ2n) is 4.90. The van der Waals surface area contributed by atoms with Gasteiger partial charge in [-0.2, -0.15) is 0 Å². The van der Waals surface area contributed by atoms with Gasteiger partial charge in [0.25, 0.3) is 0 Å². The standard InChI is InChI=1S/C12H16ClNO3S2/c1-8(10-2-3-11(13)18-10)14-12(15)6-9-4-5-19(16,17)7-9/h2-3,8-9H,4-7H2,1H3,(H,14,15)/t8-,9+/m0/s1. The molecule has 106 valence electrons. The lowest BCUT2D eigenvalue weighted by Gasteiger charge is -2.14. The second kappa shape index (κ2) is 5.81. The highest BCUT2D eigenvalue weighted by molar-refractivity contribution is 7.91. The molecular weight excluding hydrogens is 306 g/mol. The number of hydrogen-bond acceptors (Lipinski definition) is 4. The van der Waals surface area contributed by atoms with Crippen molar-refractivity contribution < 1.29 is 13.2 Å². The monoisotopic (exact) mass is 321 g/mol. The molecule has 2 heterocycles. The van der Waals surface area contributed by atoms with Crippen LogP contribution in [-0.4, -0.2) is 25.8 Å². The Morgan fingerprint density at radius 3 is 2.84 bits per heavy atom. The van der Waals surface area contributed by atoms with Crippen LogP contribution < -0.4 is 5.32 Å². The van der Waals surface area contributed by atoms with Crippen LogP contribution in [0.1, 0.15) is 30.7 Å². The summed E-state index contributed by atoms with van der Waals surface area (Å²) in [5.41, 5.74) is 0. The summed E-state index contributed by atoms with van der Waals surface area (Å²) in [4.78, 5) is 12.9. The van der Waals surface area contributed by atoms with E-state index in [0.717, 1.165) is 4.88 Å². The molecule has 1 saturated heterocycles. The number of thiophene rings is 1. The van der Waals surface area contributed by atoms with Crippen molar-refractivity contribution in [2.45, 2.75) is 25.8 Å². The first kappa shape index (κ1) is 14.8. The highest BCUT2D eigenvalue weighted by Gasteiger charge is 2.29. The lowest BCUT2D eigenvalue weighted by molar-refractivity contribution is -0.122. The first-order valence-corrected chi connectivity index (χ1v) is 9.12. The lowest BCUT2D eigenvalue weighted by atomic mass is 10.0. The number of sulfone groups is 1. The zero-order valence-electron chi connectivity index (χ0n) is 10.6. The fraction of sp³-hybridized carbons (Fsp3) is 0.583. The van der Waals surface area contributed by atoms with Gasteiger partial charge in [-0.05, 0) is 31.4 Å². The molecule has 0 spiro atoms. The van der Waals surface area contributed by atoms with E-state index in [1.807, 2.05) is 13.0 Å². The zero-order chi connectivity index (χ0) is 14.0. The Hall–Kier alpha value is -0.590. The predicted molar refractivity (Wildman–Crippen MR) is 77.3 cm³/mol. The van der Waals surface area contributed by atoms with Crippen LogP contribution in [0, 0.1) is 5.92 Å². The number of halogens is 1. The number of nitrogens with one attached hydrogen (secondary N) is 1.